The van der Waals surface area contributed by atoms with Gasteiger partial charge in [-0.1, -0.05) is 30.0 Å². The largest absolute Gasteiger partial charge is 0.497 e. The van der Waals surface area contributed by atoms with E-state index in [4.69, 9.17) is 4.74 Å². The Hall–Kier alpha value is -3.00. The van der Waals surface area contributed by atoms with Crippen LogP contribution in [0, 0.1) is 0 Å². The highest BCUT2D eigenvalue weighted by atomic mass is 32.2. The van der Waals surface area contributed by atoms with Gasteiger partial charge in [-0.25, -0.2) is 4.98 Å². The van der Waals surface area contributed by atoms with E-state index in [1.165, 1.54) is 18.2 Å². The molecule has 2 amide bonds. The molecule has 8 heteroatoms. The number of anilines is 1. The van der Waals surface area contributed by atoms with Crippen molar-refractivity contribution in [1.29, 1.82) is 0 Å². The maximum atomic E-state index is 12.9. The highest BCUT2D eigenvalue weighted by molar-refractivity contribution is 7.99. The Balaban J connectivity index is 1.47. The van der Waals surface area contributed by atoms with Gasteiger partial charge < -0.3 is 19.5 Å². The molecule has 3 aromatic rings. The molecule has 1 aliphatic heterocycles. The molecule has 1 aromatic heterocycles. The molecule has 162 valence electrons. The molecule has 2 heterocycles. The molecule has 0 aliphatic carbocycles. The second-order valence-corrected chi connectivity index (χ2v) is 8.42. The van der Waals surface area contributed by atoms with Crippen LogP contribution in [-0.2, 0) is 16.1 Å². The number of piperidine rings is 1. The van der Waals surface area contributed by atoms with Crippen molar-refractivity contribution in [2.45, 2.75) is 31.0 Å². The van der Waals surface area contributed by atoms with Crippen molar-refractivity contribution in [3.05, 3.63) is 48.5 Å². The van der Waals surface area contributed by atoms with Crippen LogP contribution in [0.3, 0.4) is 0 Å². The van der Waals surface area contributed by atoms with E-state index in [1.807, 2.05) is 51.9 Å². The minimum absolute atomic E-state index is 0.102. The van der Waals surface area contributed by atoms with Crippen LogP contribution in [0.25, 0.3) is 11.0 Å². The number of thioether (sulfide) groups is 1. The van der Waals surface area contributed by atoms with E-state index in [-0.39, 0.29) is 24.1 Å². The molecule has 1 saturated heterocycles. The fourth-order valence-corrected chi connectivity index (χ4v) is 4.54. The summed E-state index contributed by atoms with van der Waals surface area (Å²) in [5.74, 6) is 0.839. The van der Waals surface area contributed by atoms with Crippen LogP contribution in [-0.4, -0.2) is 52.2 Å². The maximum absolute atomic E-state index is 12.9. The van der Waals surface area contributed by atoms with Crippen LogP contribution in [0.1, 0.15) is 19.3 Å². The molecular formula is C23H26N4O3S. The number of fused-ring (bicyclic) bond motifs is 1. The summed E-state index contributed by atoms with van der Waals surface area (Å²) in [6.07, 6.45) is 3.30. The number of carbonyl (C=O) groups is 2. The van der Waals surface area contributed by atoms with Gasteiger partial charge in [0.05, 0.1) is 23.9 Å². The van der Waals surface area contributed by atoms with Crippen LogP contribution in [0.2, 0.25) is 0 Å². The molecule has 1 fully saturated rings. The summed E-state index contributed by atoms with van der Waals surface area (Å²) in [6, 6.07) is 15.0. The van der Waals surface area contributed by atoms with Crippen molar-refractivity contribution in [1.82, 2.24) is 14.5 Å². The highest BCUT2D eigenvalue weighted by Gasteiger charge is 2.20. The van der Waals surface area contributed by atoms with Crippen LogP contribution in [0.15, 0.2) is 53.7 Å². The number of carbonyl (C=O) groups excluding carboxylic acids is 2. The third kappa shape index (κ3) is 5.19. The number of nitrogens with one attached hydrogen (secondary N) is 1. The van der Waals surface area contributed by atoms with E-state index in [0.29, 0.717) is 16.6 Å². The topological polar surface area (TPSA) is 76.5 Å². The number of methoxy groups -OCH3 is 1. The van der Waals surface area contributed by atoms with Gasteiger partial charge in [0.2, 0.25) is 11.8 Å². The Labute approximate surface area is 185 Å². The Bertz CT molecular complexity index is 1080. The molecule has 2 aromatic carbocycles. The minimum Gasteiger partial charge on any atom is -0.497 e. The highest BCUT2D eigenvalue weighted by Crippen LogP contribution is 2.25. The quantitative estimate of drug-likeness (QED) is 0.568. The lowest BCUT2D eigenvalue weighted by Crippen LogP contribution is -2.37. The first kappa shape index (κ1) is 21.2. The van der Waals surface area contributed by atoms with Gasteiger partial charge in [0.15, 0.2) is 5.16 Å². The van der Waals surface area contributed by atoms with Gasteiger partial charge in [0.25, 0.3) is 0 Å². The van der Waals surface area contributed by atoms with Gasteiger partial charge in [-0.15, -0.1) is 0 Å². The molecular weight excluding hydrogens is 412 g/mol. The van der Waals surface area contributed by atoms with Crippen molar-refractivity contribution in [2.24, 2.45) is 0 Å². The van der Waals surface area contributed by atoms with E-state index in [0.717, 1.165) is 37.0 Å². The lowest BCUT2D eigenvalue weighted by atomic mass is 10.1. The Kier molecular flexibility index (Phi) is 6.76. The minimum atomic E-state index is -0.140. The number of hydrogen-bond acceptors (Lipinski definition) is 5. The number of hydrogen-bond donors (Lipinski definition) is 1. The van der Waals surface area contributed by atoms with Crippen LogP contribution in [0.4, 0.5) is 5.69 Å². The zero-order chi connectivity index (χ0) is 21.6. The van der Waals surface area contributed by atoms with E-state index in [2.05, 4.69) is 10.3 Å². The average Bonchev–Trinajstić information content (AvgIpc) is 3.15. The summed E-state index contributed by atoms with van der Waals surface area (Å²) < 4.78 is 7.12. The maximum Gasteiger partial charge on any atom is 0.242 e. The first-order chi connectivity index (χ1) is 15.1. The smallest absolute Gasteiger partial charge is 0.242 e. The SMILES string of the molecule is COc1cccc(NC(=O)CSc2nc3ccccc3n2CC(=O)N2CCCCC2)c1. The van der Waals surface area contributed by atoms with Crippen molar-refractivity contribution in [2.75, 3.05) is 31.3 Å². The molecule has 7 nitrogen and oxygen atoms in total. The molecule has 0 bridgehead atoms. The number of nitrogens with zero attached hydrogens (tertiary/aromatic N) is 3. The van der Waals surface area contributed by atoms with E-state index >= 15 is 0 Å². The zero-order valence-electron chi connectivity index (χ0n) is 17.5. The van der Waals surface area contributed by atoms with Gasteiger partial charge >= 0.3 is 0 Å². The van der Waals surface area contributed by atoms with Gasteiger partial charge in [0.1, 0.15) is 12.3 Å². The van der Waals surface area contributed by atoms with Crippen molar-refractivity contribution in [3.8, 4) is 5.75 Å². The second kappa shape index (κ2) is 9.87. The molecule has 0 unspecified atom stereocenters. The first-order valence-electron chi connectivity index (χ1n) is 10.4. The number of ether oxygens (including phenoxy) is 1. The first-order valence-corrected chi connectivity index (χ1v) is 11.4. The van der Waals surface area contributed by atoms with Gasteiger partial charge in [-0.3, -0.25) is 9.59 Å². The van der Waals surface area contributed by atoms with Crippen molar-refractivity contribution in [3.63, 3.8) is 0 Å². The summed E-state index contributed by atoms with van der Waals surface area (Å²) in [5.41, 5.74) is 2.41. The lowest BCUT2D eigenvalue weighted by molar-refractivity contribution is -0.132. The standard InChI is InChI=1S/C23H26N4O3S/c1-30-18-9-7-8-17(14-18)24-21(28)16-31-23-25-19-10-3-4-11-20(19)27(23)15-22(29)26-12-5-2-6-13-26/h3-4,7-11,14H,2,5-6,12-13,15-16H2,1H3,(H,24,28). The number of amides is 2. The summed E-state index contributed by atoms with van der Waals surface area (Å²) in [4.78, 5) is 32.0. The zero-order valence-corrected chi connectivity index (χ0v) is 18.4. The number of imidazole rings is 1. The second-order valence-electron chi connectivity index (χ2n) is 7.48. The van der Waals surface area contributed by atoms with Crippen LogP contribution >= 0.6 is 11.8 Å². The number of para-hydroxylation sites is 2. The fourth-order valence-electron chi connectivity index (χ4n) is 3.72. The molecule has 0 atom stereocenters. The van der Waals surface area contributed by atoms with Crippen molar-refractivity contribution < 1.29 is 14.3 Å². The van der Waals surface area contributed by atoms with E-state index in [1.54, 1.807) is 13.2 Å². The van der Waals surface area contributed by atoms with Crippen LogP contribution < -0.4 is 10.1 Å². The van der Waals surface area contributed by atoms with E-state index < -0.39 is 0 Å². The van der Waals surface area contributed by atoms with Gasteiger partial charge in [-0.05, 0) is 43.5 Å². The summed E-state index contributed by atoms with van der Waals surface area (Å²) in [5, 5.41) is 3.55. The molecule has 0 radical (unpaired) electrons. The van der Waals surface area contributed by atoms with E-state index in [9.17, 15) is 9.59 Å². The summed E-state index contributed by atoms with van der Waals surface area (Å²) in [7, 11) is 1.59. The molecule has 0 saturated carbocycles. The van der Waals surface area contributed by atoms with Gasteiger partial charge in [-0.2, -0.15) is 0 Å². The fraction of sp³-hybridized carbons (Fsp3) is 0.348. The summed E-state index contributed by atoms with van der Waals surface area (Å²) in [6.45, 7) is 1.87. The number of aromatic nitrogens is 2. The lowest BCUT2D eigenvalue weighted by Gasteiger charge is -2.27. The Morgan fingerprint density at radius 2 is 1.90 bits per heavy atom. The molecule has 4 rings (SSSR count). The summed E-state index contributed by atoms with van der Waals surface area (Å²) >= 11 is 1.34. The normalized spacial score (nSPS) is 13.9. The molecule has 31 heavy (non-hydrogen) atoms. The Morgan fingerprint density at radius 3 is 2.71 bits per heavy atom. The third-order valence-electron chi connectivity index (χ3n) is 5.31. The third-order valence-corrected chi connectivity index (χ3v) is 6.28. The molecule has 0 spiro atoms. The predicted octanol–water partition coefficient (Wildman–Crippen LogP) is 3.79. The predicted molar refractivity (Wildman–Crippen MR) is 123 cm³/mol. The van der Waals surface area contributed by atoms with Crippen LogP contribution in [0.5, 0.6) is 5.75 Å². The number of rotatable bonds is 7. The number of benzene rings is 2. The van der Waals surface area contributed by atoms with Crippen molar-refractivity contribution >= 4 is 40.3 Å². The number of likely N-dealkylation sites (tertiary alicyclic amines) is 1. The van der Waals surface area contributed by atoms with Gasteiger partial charge in [0, 0.05) is 24.8 Å². The molecule has 1 N–H and O–H groups in total. The monoisotopic (exact) mass is 438 g/mol. The average molecular weight is 439 g/mol. The Morgan fingerprint density at radius 1 is 1.10 bits per heavy atom. The molecule has 1 aliphatic rings.